The molecule has 0 aliphatic carbocycles. The van der Waals surface area contributed by atoms with Gasteiger partial charge in [0, 0.05) is 39.2 Å². The van der Waals surface area contributed by atoms with Crippen molar-refractivity contribution < 1.29 is 0 Å². The van der Waals surface area contributed by atoms with E-state index in [1.54, 1.807) is 0 Å². The van der Waals surface area contributed by atoms with E-state index in [1.165, 1.54) is 48.9 Å². The molecule has 2 heterocycles. The Hall–Kier alpha value is -7.10. The van der Waals surface area contributed by atoms with Gasteiger partial charge in [-0.1, -0.05) is 115 Å². The molecule has 0 N–H and O–H groups in total. The fourth-order valence-corrected chi connectivity index (χ4v) is 8.44. The fourth-order valence-electron chi connectivity index (χ4n) is 8.44. The first-order chi connectivity index (χ1) is 26.3. The van der Waals surface area contributed by atoms with Crippen LogP contribution >= 0.6 is 0 Å². The Labute approximate surface area is 307 Å². The topological polar surface area (TPSA) is 11.4 Å². The van der Waals surface area contributed by atoms with Crippen LogP contribution in [0.4, 0.5) is 34.1 Å². The van der Waals surface area contributed by atoms with Crippen molar-refractivity contribution in [2.45, 2.75) is 0 Å². The summed E-state index contributed by atoms with van der Waals surface area (Å²) >= 11 is 0. The van der Waals surface area contributed by atoms with Gasteiger partial charge < -0.3 is 14.4 Å². The van der Waals surface area contributed by atoms with Gasteiger partial charge >= 0.3 is 0 Å². The van der Waals surface area contributed by atoms with Gasteiger partial charge in [0.2, 0.25) is 0 Å². The van der Waals surface area contributed by atoms with E-state index in [0.717, 1.165) is 45.4 Å². The molecule has 1 aliphatic rings. The van der Waals surface area contributed by atoms with E-state index >= 15 is 0 Å². The second-order valence-electron chi connectivity index (χ2n) is 13.9. The summed E-state index contributed by atoms with van der Waals surface area (Å²) in [6.07, 6.45) is 0. The van der Waals surface area contributed by atoms with Gasteiger partial charge in [0.25, 0.3) is 0 Å². The van der Waals surface area contributed by atoms with Crippen molar-refractivity contribution in [3.8, 4) is 16.8 Å². The molecule has 3 heteroatoms. The van der Waals surface area contributed by atoms with Gasteiger partial charge in [-0.05, 0) is 118 Å². The van der Waals surface area contributed by atoms with Gasteiger partial charge in [0.1, 0.15) is 0 Å². The Morgan fingerprint density at radius 2 is 0.755 bits per heavy atom. The van der Waals surface area contributed by atoms with Crippen LogP contribution in [0.5, 0.6) is 0 Å². The number of hydrogen-bond donors (Lipinski definition) is 0. The van der Waals surface area contributed by atoms with Crippen LogP contribution in [0, 0.1) is 0 Å². The number of hydrogen-bond acceptors (Lipinski definition) is 2. The molecule has 9 aromatic carbocycles. The SMILES string of the molecule is c1ccc(N2c3cc(-c4ccc5ccccc5c4)cc(c3)N(c3ccccc3)c3cccc4c3c3c2cccc3n4-c2ccc3ccccc3c2)cc1. The molecule has 3 nitrogen and oxygen atoms in total. The van der Waals surface area contributed by atoms with Crippen LogP contribution in [-0.4, -0.2) is 4.57 Å². The lowest BCUT2D eigenvalue weighted by molar-refractivity contribution is 1.18. The lowest BCUT2D eigenvalue weighted by Gasteiger charge is -2.29. The lowest BCUT2D eigenvalue weighted by Crippen LogP contribution is -2.12. The third-order valence-electron chi connectivity index (χ3n) is 10.8. The summed E-state index contributed by atoms with van der Waals surface area (Å²) in [5, 5.41) is 7.36. The summed E-state index contributed by atoms with van der Waals surface area (Å²) < 4.78 is 2.45. The highest BCUT2D eigenvalue weighted by molar-refractivity contribution is 6.22. The highest BCUT2D eigenvalue weighted by Gasteiger charge is 2.28. The Morgan fingerprint density at radius 3 is 1.32 bits per heavy atom. The fraction of sp³-hybridized carbons (Fsp3) is 0. The van der Waals surface area contributed by atoms with Gasteiger partial charge in [0.05, 0.1) is 22.4 Å². The molecule has 1 aliphatic heterocycles. The molecular formula is C50H33N3. The minimum absolute atomic E-state index is 1.10. The van der Waals surface area contributed by atoms with Gasteiger partial charge in [-0.3, -0.25) is 0 Å². The van der Waals surface area contributed by atoms with Gasteiger partial charge in [-0.25, -0.2) is 0 Å². The smallest absolute Gasteiger partial charge is 0.0563 e. The first kappa shape index (κ1) is 29.6. The number of fused-ring (bicyclic) bond motifs is 4. The number of rotatable bonds is 4. The molecule has 0 unspecified atom stereocenters. The van der Waals surface area contributed by atoms with Crippen molar-refractivity contribution in [3.05, 3.63) is 200 Å². The number of nitrogens with zero attached hydrogens (tertiary/aromatic N) is 3. The second-order valence-corrected chi connectivity index (χ2v) is 13.9. The molecule has 0 radical (unpaired) electrons. The summed E-state index contributed by atoms with van der Waals surface area (Å²) in [6.45, 7) is 0. The third-order valence-corrected chi connectivity index (χ3v) is 10.8. The third kappa shape index (κ3) is 4.68. The van der Waals surface area contributed by atoms with Crippen molar-refractivity contribution in [2.75, 3.05) is 9.80 Å². The maximum absolute atomic E-state index is 2.45. The molecule has 0 fully saturated rings. The van der Waals surface area contributed by atoms with Gasteiger partial charge in [-0.15, -0.1) is 0 Å². The number of anilines is 6. The zero-order valence-electron chi connectivity index (χ0n) is 28.9. The Morgan fingerprint density at radius 1 is 0.264 bits per heavy atom. The first-order valence-electron chi connectivity index (χ1n) is 18.2. The van der Waals surface area contributed by atoms with Crippen LogP contribution in [0.1, 0.15) is 0 Å². The molecule has 2 bridgehead atoms. The predicted molar refractivity (Wildman–Crippen MR) is 224 cm³/mol. The van der Waals surface area contributed by atoms with Crippen LogP contribution < -0.4 is 9.80 Å². The number of benzene rings is 9. The molecule has 53 heavy (non-hydrogen) atoms. The van der Waals surface area contributed by atoms with Crippen LogP contribution in [0.2, 0.25) is 0 Å². The summed E-state index contributed by atoms with van der Waals surface area (Å²) in [5.74, 6) is 0. The quantitative estimate of drug-likeness (QED) is 0.184. The second kappa shape index (κ2) is 11.7. The average Bonchev–Trinajstić information content (AvgIpc) is 3.58. The summed E-state index contributed by atoms with van der Waals surface area (Å²) in [6, 6.07) is 73.1. The Bertz CT molecular complexity index is 2890. The van der Waals surface area contributed by atoms with Crippen molar-refractivity contribution in [2.24, 2.45) is 0 Å². The van der Waals surface area contributed by atoms with E-state index in [0.29, 0.717) is 0 Å². The largest absolute Gasteiger partial charge is 0.310 e. The van der Waals surface area contributed by atoms with Crippen molar-refractivity contribution >= 4 is 77.5 Å². The average molecular weight is 676 g/mol. The normalized spacial score (nSPS) is 12.5. The zero-order chi connectivity index (χ0) is 34.9. The van der Waals surface area contributed by atoms with E-state index in [2.05, 4.69) is 215 Å². The van der Waals surface area contributed by atoms with E-state index in [1.807, 2.05) is 0 Å². The number of aromatic nitrogens is 1. The highest BCUT2D eigenvalue weighted by Crippen LogP contribution is 2.52. The summed E-state index contributed by atoms with van der Waals surface area (Å²) in [5.41, 5.74) is 12.5. The maximum atomic E-state index is 2.45. The molecule has 0 saturated carbocycles. The van der Waals surface area contributed by atoms with Crippen molar-refractivity contribution in [1.82, 2.24) is 4.57 Å². The molecule has 0 saturated heterocycles. The molecule has 0 amide bonds. The molecule has 11 rings (SSSR count). The maximum Gasteiger partial charge on any atom is 0.0563 e. The van der Waals surface area contributed by atoms with Crippen LogP contribution in [0.3, 0.4) is 0 Å². The predicted octanol–water partition coefficient (Wildman–Crippen LogP) is 14.0. The summed E-state index contributed by atoms with van der Waals surface area (Å²) in [4.78, 5) is 4.90. The lowest BCUT2D eigenvalue weighted by atomic mass is 9.99. The van der Waals surface area contributed by atoms with Crippen molar-refractivity contribution in [3.63, 3.8) is 0 Å². The summed E-state index contributed by atoms with van der Waals surface area (Å²) in [7, 11) is 0. The standard InChI is InChI=1S/C50H33N3/c1-3-17-40(18-4-1)51-43-31-39(38-26-25-34-13-7-9-15-36(34)29-38)32-44(33-43)52(41-19-5-2-6-20-41)46-22-12-24-48-50(46)49-45(51)21-11-23-47(49)53(48)42-28-27-35-14-8-10-16-37(35)30-42/h1-33H. The zero-order valence-corrected chi connectivity index (χ0v) is 28.9. The highest BCUT2D eigenvalue weighted by atomic mass is 15.2. The first-order valence-corrected chi connectivity index (χ1v) is 18.2. The van der Waals surface area contributed by atoms with Crippen LogP contribution in [0.25, 0.3) is 60.2 Å². The monoisotopic (exact) mass is 675 g/mol. The molecule has 0 atom stereocenters. The minimum atomic E-state index is 1.10. The Balaban J connectivity index is 1.28. The van der Waals surface area contributed by atoms with Crippen molar-refractivity contribution in [1.29, 1.82) is 0 Å². The van der Waals surface area contributed by atoms with Gasteiger partial charge in [-0.2, -0.15) is 0 Å². The molecule has 0 spiro atoms. The van der Waals surface area contributed by atoms with Gasteiger partial charge in [0.15, 0.2) is 0 Å². The molecule has 10 aromatic rings. The van der Waals surface area contributed by atoms with E-state index < -0.39 is 0 Å². The van der Waals surface area contributed by atoms with Crippen LogP contribution in [0.15, 0.2) is 200 Å². The Kier molecular flexibility index (Phi) is 6.55. The number of para-hydroxylation sites is 2. The van der Waals surface area contributed by atoms with Crippen LogP contribution in [-0.2, 0) is 0 Å². The molecular weight excluding hydrogens is 643 g/mol. The van der Waals surface area contributed by atoms with E-state index in [4.69, 9.17) is 0 Å². The molecule has 1 aromatic heterocycles. The van der Waals surface area contributed by atoms with E-state index in [-0.39, 0.29) is 0 Å². The molecule has 248 valence electrons. The van der Waals surface area contributed by atoms with E-state index in [9.17, 15) is 0 Å². The minimum Gasteiger partial charge on any atom is -0.310 e.